The van der Waals surface area contributed by atoms with Gasteiger partial charge in [-0.25, -0.2) is 9.97 Å². The topological polar surface area (TPSA) is 44.3 Å². The molecule has 0 unspecified atom stereocenters. The van der Waals surface area contributed by atoms with Crippen LogP contribution in [0.1, 0.15) is 12.8 Å². The fraction of sp³-hybridized carbons (Fsp3) is 0.692. The molecule has 0 aliphatic carbocycles. The Hall–Kier alpha value is -1.36. The lowest BCUT2D eigenvalue weighted by Gasteiger charge is -2.32. The van der Waals surface area contributed by atoms with Gasteiger partial charge in [0, 0.05) is 26.7 Å². The summed E-state index contributed by atoms with van der Waals surface area (Å²) < 4.78 is 0. The van der Waals surface area contributed by atoms with Crippen molar-refractivity contribution in [3.8, 4) is 0 Å². The van der Waals surface area contributed by atoms with Crippen LogP contribution >= 0.6 is 0 Å². The average molecular weight is 249 g/mol. The SMILES string of the molecule is CNc1cc(N(C)CC2CCN(C)CC2)ncn1. The van der Waals surface area contributed by atoms with Crippen LogP contribution in [0.4, 0.5) is 11.6 Å². The molecule has 0 aromatic carbocycles. The zero-order valence-corrected chi connectivity index (χ0v) is 11.6. The zero-order valence-electron chi connectivity index (χ0n) is 11.6. The molecule has 0 bridgehead atoms. The third-order valence-corrected chi connectivity index (χ3v) is 3.67. The summed E-state index contributed by atoms with van der Waals surface area (Å²) in [5.41, 5.74) is 0. The largest absolute Gasteiger partial charge is 0.373 e. The minimum atomic E-state index is 0.777. The van der Waals surface area contributed by atoms with E-state index in [9.17, 15) is 0 Å². The van der Waals surface area contributed by atoms with Gasteiger partial charge in [0.25, 0.3) is 0 Å². The Labute approximate surface area is 109 Å². The number of piperidine rings is 1. The Morgan fingerprint density at radius 2 is 2.11 bits per heavy atom. The summed E-state index contributed by atoms with van der Waals surface area (Å²) in [6.07, 6.45) is 4.18. The van der Waals surface area contributed by atoms with Gasteiger partial charge in [-0.15, -0.1) is 0 Å². The summed E-state index contributed by atoms with van der Waals surface area (Å²) in [6, 6.07) is 1.99. The van der Waals surface area contributed by atoms with E-state index in [0.29, 0.717) is 0 Å². The van der Waals surface area contributed by atoms with Gasteiger partial charge in [-0.1, -0.05) is 0 Å². The van der Waals surface area contributed by atoms with Gasteiger partial charge in [0.2, 0.25) is 0 Å². The van der Waals surface area contributed by atoms with Gasteiger partial charge in [0.05, 0.1) is 0 Å². The highest BCUT2D eigenvalue weighted by Gasteiger charge is 2.18. The van der Waals surface area contributed by atoms with Gasteiger partial charge >= 0.3 is 0 Å². The summed E-state index contributed by atoms with van der Waals surface area (Å²) in [6.45, 7) is 3.50. The van der Waals surface area contributed by atoms with Crippen LogP contribution in [0.25, 0.3) is 0 Å². The molecule has 1 aromatic heterocycles. The van der Waals surface area contributed by atoms with E-state index >= 15 is 0 Å². The van der Waals surface area contributed by atoms with Crippen molar-refractivity contribution in [2.24, 2.45) is 5.92 Å². The molecular formula is C13H23N5. The van der Waals surface area contributed by atoms with E-state index < -0.39 is 0 Å². The molecule has 1 aliphatic heterocycles. The fourth-order valence-electron chi connectivity index (χ4n) is 2.42. The van der Waals surface area contributed by atoms with Crippen molar-refractivity contribution in [2.45, 2.75) is 12.8 Å². The molecule has 2 rings (SSSR count). The van der Waals surface area contributed by atoms with Crippen LogP contribution in [0.5, 0.6) is 0 Å². The Kier molecular flexibility index (Phi) is 4.36. The molecule has 1 aromatic rings. The first-order valence-corrected chi connectivity index (χ1v) is 6.58. The summed E-state index contributed by atoms with van der Waals surface area (Å²) in [7, 11) is 6.19. The van der Waals surface area contributed by atoms with E-state index in [-0.39, 0.29) is 0 Å². The van der Waals surface area contributed by atoms with Crippen molar-refractivity contribution in [3.05, 3.63) is 12.4 Å². The Bertz CT molecular complexity index is 373. The summed E-state index contributed by atoms with van der Waals surface area (Å²) in [5.74, 6) is 2.64. The van der Waals surface area contributed by atoms with Crippen LogP contribution in [-0.4, -0.2) is 55.6 Å². The average Bonchev–Trinajstić information content (AvgIpc) is 2.41. The van der Waals surface area contributed by atoms with Crippen molar-refractivity contribution >= 4 is 11.6 Å². The smallest absolute Gasteiger partial charge is 0.133 e. The molecule has 0 spiro atoms. The zero-order chi connectivity index (χ0) is 13.0. The predicted molar refractivity (Wildman–Crippen MR) is 75.1 cm³/mol. The Balaban J connectivity index is 1.92. The quantitative estimate of drug-likeness (QED) is 0.871. The highest BCUT2D eigenvalue weighted by molar-refractivity contribution is 5.47. The molecule has 100 valence electrons. The first kappa shape index (κ1) is 13.1. The number of hydrogen-bond acceptors (Lipinski definition) is 5. The number of likely N-dealkylation sites (tertiary alicyclic amines) is 1. The number of hydrogen-bond donors (Lipinski definition) is 1. The third kappa shape index (κ3) is 3.32. The maximum Gasteiger partial charge on any atom is 0.133 e. The molecule has 2 heterocycles. The highest BCUT2D eigenvalue weighted by Crippen LogP contribution is 2.20. The molecule has 1 fully saturated rings. The van der Waals surface area contributed by atoms with Gasteiger partial charge in [-0.2, -0.15) is 0 Å². The number of anilines is 2. The number of aromatic nitrogens is 2. The van der Waals surface area contributed by atoms with Crippen molar-refractivity contribution in [2.75, 3.05) is 51.0 Å². The van der Waals surface area contributed by atoms with E-state index in [2.05, 4.69) is 39.2 Å². The molecule has 0 atom stereocenters. The molecule has 1 aliphatic rings. The molecule has 1 N–H and O–H groups in total. The number of rotatable bonds is 4. The minimum absolute atomic E-state index is 0.777. The molecule has 5 nitrogen and oxygen atoms in total. The van der Waals surface area contributed by atoms with Crippen molar-refractivity contribution in [3.63, 3.8) is 0 Å². The lowest BCUT2D eigenvalue weighted by molar-refractivity contribution is 0.222. The van der Waals surface area contributed by atoms with E-state index in [1.807, 2.05) is 13.1 Å². The van der Waals surface area contributed by atoms with Crippen LogP contribution in [0, 0.1) is 5.92 Å². The van der Waals surface area contributed by atoms with E-state index in [4.69, 9.17) is 0 Å². The molecule has 1 saturated heterocycles. The van der Waals surface area contributed by atoms with Crippen LogP contribution in [0.15, 0.2) is 12.4 Å². The predicted octanol–water partition coefficient (Wildman–Crippen LogP) is 1.30. The molecule has 18 heavy (non-hydrogen) atoms. The van der Waals surface area contributed by atoms with Gasteiger partial charge in [-0.05, 0) is 38.9 Å². The lowest BCUT2D eigenvalue weighted by atomic mass is 9.97. The minimum Gasteiger partial charge on any atom is -0.373 e. The molecule has 0 amide bonds. The van der Waals surface area contributed by atoms with Gasteiger partial charge < -0.3 is 15.1 Å². The monoisotopic (exact) mass is 249 g/mol. The van der Waals surface area contributed by atoms with Gasteiger partial charge in [0.1, 0.15) is 18.0 Å². The van der Waals surface area contributed by atoms with Crippen molar-refractivity contribution in [1.29, 1.82) is 0 Å². The van der Waals surface area contributed by atoms with E-state index in [0.717, 1.165) is 24.1 Å². The van der Waals surface area contributed by atoms with Crippen LogP contribution in [0.2, 0.25) is 0 Å². The number of nitrogens with one attached hydrogen (secondary N) is 1. The highest BCUT2D eigenvalue weighted by atomic mass is 15.2. The van der Waals surface area contributed by atoms with Crippen LogP contribution < -0.4 is 10.2 Å². The fourth-order valence-corrected chi connectivity index (χ4v) is 2.42. The maximum absolute atomic E-state index is 4.33. The van der Waals surface area contributed by atoms with Gasteiger partial charge in [0.15, 0.2) is 0 Å². The molecule has 5 heteroatoms. The Morgan fingerprint density at radius 1 is 1.39 bits per heavy atom. The second-order valence-corrected chi connectivity index (χ2v) is 5.14. The molecule has 0 saturated carbocycles. The Morgan fingerprint density at radius 3 is 2.78 bits per heavy atom. The summed E-state index contributed by atoms with van der Waals surface area (Å²) >= 11 is 0. The summed E-state index contributed by atoms with van der Waals surface area (Å²) in [5, 5.41) is 3.05. The lowest BCUT2D eigenvalue weighted by Crippen LogP contribution is -2.36. The third-order valence-electron chi connectivity index (χ3n) is 3.67. The molecular weight excluding hydrogens is 226 g/mol. The second-order valence-electron chi connectivity index (χ2n) is 5.14. The van der Waals surface area contributed by atoms with Crippen molar-refractivity contribution < 1.29 is 0 Å². The second kappa shape index (κ2) is 6.00. The first-order valence-electron chi connectivity index (χ1n) is 6.58. The maximum atomic E-state index is 4.33. The van der Waals surface area contributed by atoms with Crippen LogP contribution in [-0.2, 0) is 0 Å². The number of nitrogens with zero attached hydrogens (tertiary/aromatic N) is 4. The normalized spacial score (nSPS) is 17.7. The molecule has 0 radical (unpaired) electrons. The van der Waals surface area contributed by atoms with Gasteiger partial charge in [-0.3, -0.25) is 0 Å². The summed E-state index contributed by atoms with van der Waals surface area (Å²) in [4.78, 5) is 13.1. The van der Waals surface area contributed by atoms with Crippen LogP contribution in [0.3, 0.4) is 0 Å². The van der Waals surface area contributed by atoms with E-state index in [1.165, 1.54) is 25.9 Å². The van der Waals surface area contributed by atoms with E-state index in [1.54, 1.807) is 6.33 Å². The standard InChI is InChI=1S/C13H23N5/c1-14-12-8-13(16-10-15-12)18(3)9-11-4-6-17(2)7-5-11/h8,10-11H,4-7,9H2,1-3H3,(H,14,15,16). The van der Waals surface area contributed by atoms with Crippen molar-refractivity contribution in [1.82, 2.24) is 14.9 Å². The first-order chi connectivity index (χ1) is 8.69.